The normalized spacial score (nSPS) is 22.0. The maximum Gasteiger partial charge on any atom is 0.0707 e. The Balaban J connectivity index is 1.96. The van der Waals surface area contributed by atoms with Crippen molar-refractivity contribution in [3.8, 4) is 0 Å². The van der Waals surface area contributed by atoms with Crippen LogP contribution in [0.3, 0.4) is 0 Å². The second-order valence-electron chi connectivity index (χ2n) is 11.1. The third-order valence-corrected chi connectivity index (χ3v) is 5.27. The van der Waals surface area contributed by atoms with Gasteiger partial charge < -0.3 is 38.1 Å². The SMILES string of the molecule is CC1COCC(CN(C)CCOCCOCCOCCOCCOC(C)(C)C)C1OC(C)(C)C. The van der Waals surface area contributed by atoms with Gasteiger partial charge in [-0.15, -0.1) is 0 Å². The Morgan fingerprint density at radius 1 is 0.706 bits per heavy atom. The molecule has 0 spiro atoms. The molecule has 3 unspecified atom stereocenters. The maximum atomic E-state index is 6.37. The Morgan fingerprint density at radius 2 is 1.21 bits per heavy atom. The molecule has 3 atom stereocenters. The Kier molecular flexibility index (Phi) is 16.0. The summed E-state index contributed by atoms with van der Waals surface area (Å²) in [4.78, 5) is 2.30. The van der Waals surface area contributed by atoms with E-state index in [0.29, 0.717) is 71.3 Å². The fraction of sp³-hybridized carbons (Fsp3) is 1.00. The predicted octanol–water partition coefficient (Wildman–Crippen LogP) is 3.27. The summed E-state index contributed by atoms with van der Waals surface area (Å²) in [5.41, 5.74) is -0.263. The van der Waals surface area contributed by atoms with Crippen molar-refractivity contribution < 1.29 is 33.2 Å². The lowest BCUT2D eigenvalue weighted by atomic mass is 9.89. The summed E-state index contributed by atoms with van der Waals surface area (Å²) in [5, 5.41) is 0. The van der Waals surface area contributed by atoms with Crippen LogP contribution >= 0.6 is 0 Å². The van der Waals surface area contributed by atoms with E-state index in [0.717, 1.165) is 26.3 Å². The van der Waals surface area contributed by atoms with E-state index < -0.39 is 0 Å². The van der Waals surface area contributed by atoms with Gasteiger partial charge in [-0.3, -0.25) is 0 Å². The van der Waals surface area contributed by atoms with Gasteiger partial charge in [0.25, 0.3) is 0 Å². The van der Waals surface area contributed by atoms with Gasteiger partial charge in [-0.2, -0.15) is 0 Å². The molecule has 8 heteroatoms. The summed E-state index contributed by atoms with van der Waals surface area (Å²) in [5.74, 6) is 0.780. The minimum atomic E-state index is -0.143. The van der Waals surface area contributed by atoms with Gasteiger partial charge in [0.15, 0.2) is 0 Å². The van der Waals surface area contributed by atoms with Gasteiger partial charge in [0.1, 0.15) is 0 Å². The lowest BCUT2D eigenvalue weighted by molar-refractivity contribution is -0.160. The zero-order valence-corrected chi connectivity index (χ0v) is 23.2. The maximum absolute atomic E-state index is 6.37. The highest BCUT2D eigenvalue weighted by molar-refractivity contribution is 4.83. The highest BCUT2D eigenvalue weighted by Gasteiger charge is 2.35. The van der Waals surface area contributed by atoms with E-state index in [9.17, 15) is 0 Å². The molecule has 0 amide bonds. The average molecular weight is 492 g/mol. The quantitative estimate of drug-likeness (QED) is 0.271. The van der Waals surface area contributed by atoms with Crippen molar-refractivity contribution in [2.75, 3.05) is 92.8 Å². The Bertz CT molecular complexity index is 493. The van der Waals surface area contributed by atoms with Gasteiger partial charge >= 0.3 is 0 Å². The summed E-state index contributed by atoms with van der Waals surface area (Å²) >= 11 is 0. The standard InChI is InChI=1S/C26H53NO7/c1-22-20-32-21-23(24(22)34-26(5,6)7)19-27(8)9-10-28-11-12-29-13-14-30-15-16-31-17-18-33-25(2,3)4/h22-24H,9-21H2,1-8H3. The number of likely N-dealkylation sites (N-methyl/N-ethyl adjacent to an activating group) is 1. The van der Waals surface area contributed by atoms with Crippen molar-refractivity contribution >= 4 is 0 Å². The molecule has 0 N–H and O–H groups in total. The highest BCUT2D eigenvalue weighted by Crippen LogP contribution is 2.28. The molecule has 204 valence electrons. The van der Waals surface area contributed by atoms with Crippen LogP contribution in [0.1, 0.15) is 48.5 Å². The first kappa shape index (κ1) is 31.7. The Labute approximate surface area is 208 Å². The second kappa shape index (κ2) is 17.2. The topological polar surface area (TPSA) is 67.9 Å². The minimum absolute atomic E-state index is 0.120. The molecule has 8 nitrogen and oxygen atoms in total. The molecule has 0 bridgehead atoms. The van der Waals surface area contributed by atoms with Gasteiger partial charge in [-0.1, -0.05) is 6.92 Å². The fourth-order valence-corrected chi connectivity index (χ4v) is 3.72. The summed E-state index contributed by atoms with van der Waals surface area (Å²) in [7, 11) is 2.13. The molecule has 0 aromatic heterocycles. The molecular weight excluding hydrogens is 438 g/mol. The fourth-order valence-electron chi connectivity index (χ4n) is 3.72. The van der Waals surface area contributed by atoms with Crippen LogP contribution in [-0.2, 0) is 33.2 Å². The molecule has 0 aliphatic carbocycles. The van der Waals surface area contributed by atoms with Crippen LogP contribution in [-0.4, -0.2) is 115 Å². The van der Waals surface area contributed by atoms with E-state index >= 15 is 0 Å². The van der Waals surface area contributed by atoms with Crippen molar-refractivity contribution in [1.29, 1.82) is 0 Å². The summed E-state index contributed by atoms with van der Waals surface area (Å²) in [6.45, 7) is 23.3. The molecule has 1 rings (SSSR count). The van der Waals surface area contributed by atoms with E-state index in [1.54, 1.807) is 0 Å². The first-order chi connectivity index (χ1) is 16.0. The van der Waals surface area contributed by atoms with E-state index in [-0.39, 0.29) is 17.3 Å². The first-order valence-electron chi connectivity index (χ1n) is 12.9. The molecule has 1 heterocycles. The smallest absolute Gasteiger partial charge is 0.0707 e. The molecule has 34 heavy (non-hydrogen) atoms. The number of nitrogens with zero attached hydrogens (tertiary/aromatic N) is 1. The van der Waals surface area contributed by atoms with Crippen LogP contribution in [0.15, 0.2) is 0 Å². The van der Waals surface area contributed by atoms with Crippen LogP contribution in [0.5, 0.6) is 0 Å². The monoisotopic (exact) mass is 491 g/mol. The van der Waals surface area contributed by atoms with Crippen LogP contribution in [0.2, 0.25) is 0 Å². The van der Waals surface area contributed by atoms with E-state index in [2.05, 4.69) is 39.6 Å². The highest BCUT2D eigenvalue weighted by atomic mass is 16.6. The van der Waals surface area contributed by atoms with Crippen molar-refractivity contribution in [1.82, 2.24) is 4.90 Å². The molecule has 1 saturated heterocycles. The zero-order chi connectivity index (χ0) is 25.5. The zero-order valence-electron chi connectivity index (χ0n) is 23.2. The second-order valence-corrected chi connectivity index (χ2v) is 11.1. The number of hydrogen-bond donors (Lipinski definition) is 0. The Hall–Kier alpha value is -0.320. The van der Waals surface area contributed by atoms with Crippen molar-refractivity contribution in [2.45, 2.75) is 65.8 Å². The molecule has 1 fully saturated rings. The number of rotatable bonds is 18. The largest absolute Gasteiger partial charge is 0.381 e. The summed E-state index contributed by atoms with van der Waals surface area (Å²) in [6.07, 6.45) is 0.224. The molecule has 0 radical (unpaired) electrons. The molecule has 0 aromatic rings. The summed E-state index contributed by atoms with van der Waals surface area (Å²) < 4.78 is 40.0. The molecule has 1 aliphatic heterocycles. The van der Waals surface area contributed by atoms with Crippen LogP contribution in [0, 0.1) is 11.8 Å². The third-order valence-electron chi connectivity index (χ3n) is 5.27. The van der Waals surface area contributed by atoms with E-state index in [1.165, 1.54) is 0 Å². The lowest BCUT2D eigenvalue weighted by Crippen LogP contribution is -2.48. The van der Waals surface area contributed by atoms with Crippen LogP contribution < -0.4 is 0 Å². The molecule has 1 aliphatic rings. The molecule has 0 aromatic carbocycles. The third kappa shape index (κ3) is 17.2. The predicted molar refractivity (Wildman–Crippen MR) is 135 cm³/mol. The molecule has 0 saturated carbocycles. The van der Waals surface area contributed by atoms with Gasteiger partial charge in [0, 0.05) is 24.9 Å². The summed E-state index contributed by atoms with van der Waals surface area (Å²) in [6, 6.07) is 0. The van der Waals surface area contributed by atoms with Crippen molar-refractivity contribution in [2.24, 2.45) is 11.8 Å². The molecular formula is C26H53NO7. The number of hydrogen-bond acceptors (Lipinski definition) is 8. The van der Waals surface area contributed by atoms with Crippen molar-refractivity contribution in [3.63, 3.8) is 0 Å². The average Bonchev–Trinajstić information content (AvgIpc) is 2.72. The van der Waals surface area contributed by atoms with Gasteiger partial charge in [0.2, 0.25) is 0 Å². The van der Waals surface area contributed by atoms with Crippen LogP contribution in [0.4, 0.5) is 0 Å². The van der Waals surface area contributed by atoms with E-state index in [4.69, 9.17) is 33.2 Å². The van der Waals surface area contributed by atoms with Crippen LogP contribution in [0.25, 0.3) is 0 Å². The van der Waals surface area contributed by atoms with Gasteiger partial charge in [0.05, 0.1) is 90.0 Å². The van der Waals surface area contributed by atoms with Crippen molar-refractivity contribution in [3.05, 3.63) is 0 Å². The first-order valence-corrected chi connectivity index (χ1v) is 12.9. The minimum Gasteiger partial charge on any atom is -0.381 e. The number of ether oxygens (including phenoxy) is 7. The lowest BCUT2D eigenvalue weighted by Gasteiger charge is -2.41. The van der Waals surface area contributed by atoms with E-state index in [1.807, 2.05) is 20.8 Å². The van der Waals surface area contributed by atoms with Gasteiger partial charge in [-0.05, 0) is 48.6 Å². The Morgan fingerprint density at radius 3 is 1.71 bits per heavy atom. The van der Waals surface area contributed by atoms with Gasteiger partial charge in [-0.25, -0.2) is 0 Å².